The molecule has 1 unspecified atom stereocenters. The Kier molecular flexibility index (Phi) is 7.38. The van der Waals surface area contributed by atoms with E-state index in [4.69, 9.17) is 4.74 Å². The van der Waals surface area contributed by atoms with Gasteiger partial charge in [0.05, 0.1) is 0 Å². The molecule has 0 amide bonds. The average Bonchev–Trinajstić information content (AvgIpc) is 2.79. The molecule has 2 nitrogen and oxygen atoms in total. The number of hydrogen-bond donors (Lipinski definition) is 1. The van der Waals surface area contributed by atoms with Gasteiger partial charge in [0.15, 0.2) is 0 Å². The molecule has 1 fully saturated rings. The summed E-state index contributed by atoms with van der Waals surface area (Å²) < 4.78 is 5.79. The number of hydrogen-bond acceptors (Lipinski definition) is 2. The molecule has 0 aromatic rings. The van der Waals surface area contributed by atoms with Gasteiger partial charge in [-0.2, -0.15) is 0 Å². The summed E-state index contributed by atoms with van der Waals surface area (Å²) in [5.74, 6) is 2.38. The Morgan fingerprint density at radius 3 is 2.32 bits per heavy atom. The van der Waals surface area contributed by atoms with E-state index in [0.717, 1.165) is 31.6 Å². The maximum atomic E-state index is 5.79. The van der Waals surface area contributed by atoms with Gasteiger partial charge in [-0.25, -0.2) is 0 Å². The van der Waals surface area contributed by atoms with Crippen molar-refractivity contribution in [1.82, 2.24) is 5.32 Å². The van der Waals surface area contributed by atoms with Gasteiger partial charge in [0.1, 0.15) is 0 Å². The average molecular weight is 269 g/mol. The smallest absolute Gasteiger partial charge is 0.0488 e. The first-order valence-corrected chi connectivity index (χ1v) is 8.21. The molecule has 114 valence electrons. The summed E-state index contributed by atoms with van der Waals surface area (Å²) in [6.45, 7) is 14.2. The topological polar surface area (TPSA) is 21.3 Å². The Balaban J connectivity index is 2.31. The highest BCUT2D eigenvalue weighted by atomic mass is 16.5. The number of nitrogens with one attached hydrogen (secondary N) is 1. The minimum absolute atomic E-state index is 0.232. The fraction of sp³-hybridized carbons (Fsp3) is 1.00. The molecule has 0 radical (unpaired) electrons. The predicted octanol–water partition coefficient (Wildman–Crippen LogP) is 4.24. The van der Waals surface area contributed by atoms with Crippen LogP contribution in [0, 0.1) is 17.8 Å². The molecule has 1 atom stereocenters. The highest BCUT2D eigenvalue weighted by Crippen LogP contribution is 2.33. The lowest BCUT2D eigenvalue weighted by Gasteiger charge is -2.29. The molecule has 1 rings (SSSR count). The Bertz CT molecular complexity index is 226. The van der Waals surface area contributed by atoms with Gasteiger partial charge in [0.2, 0.25) is 0 Å². The third-order valence-corrected chi connectivity index (χ3v) is 4.05. The van der Waals surface area contributed by atoms with Gasteiger partial charge in [-0.15, -0.1) is 0 Å². The van der Waals surface area contributed by atoms with Gasteiger partial charge in [0, 0.05) is 18.8 Å². The SMILES string of the molecule is CC(C)COCCC(CNC(C)(C)C)C1CCCC1. The molecule has 1 saturated carbocycles. The van der Waals surface area contributed by atoms with Crippen LogP contribution in [0.2, 0.25) is 0 Å². The third-order valence-electron chi connectivity index (χ3n) is 4.05. The van der Waals surface area contributed by atoms with Gasteiger partial charge in [-0.1, -0.05) is 39.5 Å². The molecule has 1 N–H and O–H groups in total. The Labute approximate surface area is 120 Å². The second-order valence-corrected chi connectivity index (χ2v) is 7.69. The van der Waals surface area contributed by atoms with Crippen LogP contribution in [0.15, 0.2) is 0 Å². The fourth-order valence-electron chi connectivity index (χ4n) is 2.92. The van der Waals surface area contributed by atoms with Crippen LogP contribution in [-0.4, -0.2) is 25.3 Å². The molecule has 0 spiro atoms. The summed E-state index contributed by atoms with van der Waals surface area (Å²) in [7, 11) is 0. The van der Waals surface area contributed by atoms with E-state index in [-0.39, 0.29) is 5.54 Å². The summed E-state index contributed by atoms with van der Waals surface area (Å²) in [4.78, 5) is 0. The van der Waals surface area contributed by atoms with E-state index >= 15 is 0 Å². The molecule has 19 heavy (non-hydrogen) atoms. The van der Waals surface area contributed by atoms with Crippen molar-refractivity contribution in [2.45, 2.75) is 72.3 Å². The third kappa shape index (κ3) is 7.94. The van der Waals surface area contributed by atoms with Gasteiger partial charge in [-0.3, -0.25) is 0 Å². The lowest BCUT2D eigenvalue weighted by molar-refractivity contribution is 0.0888. The maximum Gasteiger partial charge on any atom is 0.0488 e. The zero-order chi connectivity index (χ0) is 14.3. The van der Waals surface area contributed by atoms with Gasteiger partial charge in [-0.05, 0) is 51.5 Å². The number of ether oxygens (including phenoxy) is 1. The second kappa shape index (κ2) is 8.26. The first-order valence-electron chi connectivity index (χ1n) is 8.21. The molecule has 0 aromatic heterocycles. The molecule has 1 aliphatic carbocycles. The molecule has 0 aromatic carbocycles. The molecule has 0 heterocycles. The standard InChI is InChI=1S/C17H35NO/c1-14(2)13-19-11-10-16(12-18-17(3,4)5)15-8-6-7-9-15/h14-16,18H,6-13H2,1-5H3. The molecule has 1 aliphatic rings. The van der Waals surface area contributed by atoms with Crippen LogP contribution in [0.4, 0.5) is 0 Å². The van der Waals surface area contributed by atoms with Crippen molar-refractivity contribution in [1.29, 1.82) is 0 Å². The van der Waals surface area contributed by atoms with E-state index in [1.54, 1.807) is 0 Å². The van der Waals surface area contributed by atoms with Crippen LogP contribution >= 0.6 is 0 Å². The Morgan fingerprint density at radius 2 is 1.79 bits per heavy atom. The van der Waals surface area contributed by atoms with Gasteiger partial charge < -0.3 is 10.1 Å². The normalized spacial score (nSPS) is 19.3. The van der Waals surface area contributed by atoms with Gasteiger partial charge in [0.25, 0.3) is 0 Å². The molecule has 0 saturated heterocycles. The highest BCUT2D eigenvalue weighted by molar-refractivity contribution is 4.80. The first kappa shape index (κ1) is 17.0. The number of rotatable bonds is 8. The quantitative estimate of drug-likeness (QED) is 0.665. The zero-order valence-corrected chi connectivity index (χ0v) is 13.8. The molecule has 0 aliphatic heterocycles. The van der Waals surface area contributed by atoms with Crippen molar-refractivity contribution < 1.29 is 4.74 Å². The minimum Gasteiger partial charge on any atom is -0.381 e. The summed E-state index contributed by atoms with van der Waals surface area (Å²) >= 11 is 0. The van der Waals surface area contributed by atoms with E-state index < -0.39 is 0 Å². The van der Waals surface area contributed by atoms with E-state index in [1.165, 1.54) is 32.1 Å². The predicted molar refractivity (Wildman–Crippen MR) is 83.5 cm³/mol. The fourth-order valence-corrected chi connectivity index (χ4v) is 2.92. The van der Waals surface area contributed by atoms with Crippen molar-refractivity contribution in [3.8, 4) is 0 Å². The minimum atomic E-state index is 0.232. The lowest BCUT2D eigenvalue weighted by Crippen LogP contribution is -2.40. The maximum absolute atomic E-state index is 5.79. The second-order valence-electron chi connectivity index (χ2n) is 7.69. The van der Waals surface area contributed by atoms with Crippen molar-refractivity contribution >= 4 is 0 Å². The van der Waals surface area contributed by atoms with Crippen LogP contribution in [0.5, 0.6) is 0 Å². The summed E-state index contributed by atoms with van der Waals surface area (Å²) in [6, 6.07) is 0. The van der Waals surface area contributed by atoms with E-state index in [0.29, 0.717) is 5.92 Å². The summed E-state index contributed by atoms with van der Waals surface area (Å²) in [5.41, 5.74) is 0.232. The van der Waals surface area contributed by atoms with Crippen LogP contribution in [0.3, 0.4) is 0 Å². The van der Waals surface area contributed by atoms with Crippen molar-refractivity contribution in [2.75, 3.05) is 19.8 Å². The molecule has 0 bridgehead atoms. The van der Waals surface area contributed by atoms with Crippen LogP contribution in [0.25, 0.3) is 0 Å². The molecular weight excluding hydrogens is 234 g/mol. The van der Waals surface area contributed by atoms with E-state index in [2.05, 4.69) is 39.9 Å². The van der Waals surface area contributed by atoms with Gasteiger partial charge >= 0.3 is 0 Å². The lowest BCUT2D eigenvalue weighted by atomic mass is 9.87. The highest BCUT2D eigenvalue weighted by Gasteiger charge is 2.25. The van der Waals surface area contributed by atoms with Crippen LogP contribution in [-0.2, 0) is 4.74 Å². The van der Waals surface area contributed by atoms with Crippen molar-refractivity contribution in [2.24, 2.45) is 17.8 Å². The van der Waals surface area contributed by atoms with E-state index in [9.17, 15) is 0 Å². The Hall–Kier alpha value is -0.0800. The first-order chi connectivity index (χ1) is 8.88. The van der Waals surface area contributed by atoms with Crippen LogP contribution < -0.4 is 5.32 Å². The van der Waals surface area contributed by atoms with Crippen LogP contribution in [0.1, 0.15) is 66.7 Å². The van der Waals surface area contributed by atoms with Crippen molar-refractivity contribution in [3.05, 3.63) is 0 Å². The molecule has 2 heteroatoms. The monoisotopic (exact) mass is 269 g/mol. The summed E-state index contributed by atoms with van der Waals surface area (Å²) in [6.07, 6.45) is 6.95. The van der Waals surface area contributed by atoms with Crippen molar-refractivity contribution in [3.63, 3.8) is 0 Å². The van der Waals surface area contributed by atoms with E-state index in [1.807, 2.05) is 0 Å². The Morgan fingerprint density at radius 1 is 1.16 bits per heavy atom. The molecular formula is C17H35NO. The largest absolute Gasteiger partial charge is 0.381 e. The summed E-state index contributed by atoms with van der Waals surface area (Å²) in [5, 5.41) is 3.69. The zero-order valence-electron chi connectivity index (χ0n) is 13.8.